The summed E-state index contributed by atoms with van der Waals surface area (Å²) in [6.07, 6.45) is 3.50. The fourth-order valence-electron chi connectivity index (χ4n) is 2.20. The van der Waals surface area contributed by atoms with Gasteiger partial charge in [-0.25, -0.2) is 9.97 Å². The molecular weight excluding hydrogens is 228 g/mol. The second kappa shape index (κ2) is 3.25. The molecule has 3 heteroatoms. The summed E-state index contributed by atoms with van der Waals surface area (Å²) in [4.78, 5) is 8.45. The smallest absolute Gasteiger partial charge is 0.116 e. The van der Waals surface area contributed by atoms with Gasteiger partial charge >= 0.3 is 0 Å². The molecule has 0 saturated heterocycles. The highest BCUT2D eigenvalue weighted by atomic mass is 32.1. The average Bonchev–Trinajstić information content (AvgIpc) is 2.73. The molecule has 80 valence electrons. The van der Waals surface area contributed by atoms with Gasteiger partial charge in [0.2, 0.25) is 0 Å². The molecule has 2 aromatic heterocycles. The first kappa shape index (κ1) is 9.07. The Morgan fingerprint density at radius 3 is 2.65 bits per heavy atom. The van der Waals surface area contributed by atoms with Crippen LogP contribution in [0.5, 0.6) is 0 Å². The first-order valence-corrected chi connectivity index (χ1v) is 6.24. The van der Waals surface area contributed by atoms with Gasteiger partial charge < -0.3 is 0 Å². The number of nitrogens with zero attached hydrogens (tertiary/aromatic N) is 2. The molecule has 4 aromatic rings. The normalized spacial score (nSPS) is 11.5. The van der Waals surface area contributed by atoms with Gasteiger partial charge in [0.05, 0.1) is 10.2 Å². The van der Waals surface area contributed by atoms with E-state index in [1.807, 2.05) is 6.20 Å². The summed E-state index contributed by atoms with van der Waals surface area (Å²) in [6.45, 7) is 0. The van der Waals surface area contributed by atoms with Crippen LogP contribution in [0.15, 0.2) is 48.9 Å². The molecule has 0 radical (unpaired) electrons. The van der Waals surface area contributed by atoms with Crippen LogP contribution >= 0.6 is 11.3 Å². The molecule has 0 amide bonds. The van der Waals surface area contributed by atoms with Gasteiger partial charge in [-0.15, -0.1) is 11.3 Å². The third kappa shape index (κ3) is 1.26. The fraction of sp³-hybridized carbons (Fsp3) is 0. The van der Waals surface area contributed by atoms with E-state index in [0.29, 0.717) is 0 Å². The van der Waals surface area contributed by atoms with E-state index in [0.717, 1.165) is 10.2 Å². The maximum atomic E-state index is 4.38. The summed E-state index contributed by atoms with van der Waals surface area (Å²) in [5.74, 6) is 0. The molecule has 0 fully saturated rings. The number of fused-ring (bicyclic) bond motifs is 4. The zero-order valence-corrected chi connectivity index (χ0v) is 9.74. The van der Waals surface area contributed by atoms with E-state index in [-0.39, 0.29) is 0 Å². The lowest BCUT2D eigenvalue weighted by molar-refractivity contribution is 1.23. The van der Waals surface area contributed by atoms with Crippen LogP contribution in [0.4, 0.5) is 0 Å². The fourth-order valence-corrected chi connectivity index (χ4v) is 3.26. The number of hydrogen-bond acceptors (Lipinski definition) is 3. The van der Waals surface area contributed by atoms with Crippen molar-refractivity contribution in [3.63, 3.8) is 0 Å². The Hall–Kier alpha value is -2.00. The predicted molar refractivity (Wildman–Crippen MR) is 72.4 cm³/mol. The summed E-state index contributed by atoms with van der Waals surface area (Å²) in [5, 5.41) is 3.77. The number of rotatable bonds is 0. The second-order valence-corrected chi connectivity index (χ2v) is 5.12. The van der Waals surface area contributed by atoms with Gasteiger partial charge in [-0.2, -0.15) is 0 Å². The van der Waals surface area contributed by atoms with Crippen molar-refractivity contribution in [2.45, 2.75) is 0 Å². The van der Waals surface area contributed by atoms with Gasteiger partial charge in [0.25, 0.3) is 0 Å². The molecule has 2 heterocycles. The highest BCUT2D eigenvalue weighted by Crippen LogP contribution is 2.34. The molecule has 17 heavy (non-hydrogen) atoms. The van der Waals surface area contributed by atoms with E-state index < -0.39 is 0 Å². The summed E-state index contributed by atoms with van der Waals surface area (Å²) < 4.78 is 2.43. The molecule has 0 unspecified atom stereocenters. The van der Waals surface area contributed by atoms with Crippen molar-refractivity contribution >= 4 is 42.4 Å². The zero-order valence-electron chi connectivity index (χ0n) is 8.92. The zero-order chi connectivity index (χ0) is 11.2. The van der Waals surface area contributed by atoms with Crippen molar-refractivity contribution in [1.29, 1.82) is 0 Å². The molecule has 2 aromatic carbocycles. The topological polar surface area (TPSA) is 25.8 Å². The van der Waals surface area contributed by atoms with Crippen molar-refractivity contribution < 1.29 is 0 Å². The van der Waals surface area contributed by atoms with Crippen LogP contribution in [-0.4, -0.2) is 9.97 Å². The molecule has 0 aliphatic carbocycles. The lowest BCUT2D eigenvalue weighted by Gasteiger charge is -1.97. The summed E-state index contributed by atoms with van der Waals surface area (Å²) in [7, 11) is 0. The second-order valence-electron chi connectivity index (χ2n) is 4.03. The maximum Gasteiger partial charge on any atom is 0.116 e. The van der Waals surface area contributed by atoms with Gasteiger partial charge in [-0.05, 0) is 22.9 Å². The molecule has 0 aliphatic heterocycles. The van der Waals surface area contributed by atoms with Gasteiger partial charge in [0.15, 0.2) is 0 Å². The number of hydrogen-bond donors (Lipinski definition) is 0. The number of thiophene rings is 1. The molecule has 2 nitrogen and oxygen atoms in total. The first-order chi connectivity index (χ1) is 8.42. The summed E-state index contributed by atoms with van der Waals surface area (Å²) in [5.41, 5.74) is 1.06. The van der Waals surface area contributed by atoms with Crippen molar-refractivity contribution in [3.05, 3.63) is 48.9 Å². The molecule has 4 rings (SSSR count). The average molecular weight is 236 g/mol. The van der Waals surface area contributed by atoms with Gasteiger partial charge in [0, 0.05) is 16.3 Å². The van der Waals surface area contributed by atoms with E-state index >= 15 is 0 Å². The van der Waals surface area contributed by atoms with Crippen LogP contribution in [0.3, 0.4) is 0 Å². The number of benzene rings is 2. The van der Waals surface area contributed by atoms with Crippen molar-refractivity contribution in [2.75, 3.05) is 0 Å². The van der Waals surface area contributed by atoms with E-state index in [4.69, 9.17) is 0 Å². The van der Waals surface area contributed by atoms with E-state index in [9.17, 15) is 0 Å². The molecule has 0 atom stereocenters. The van der Waals surface area contributed by atoms with E-state index in [1.165, 1.54) is 20.9 Å². The predicted octanol–water partition coefficient (Wildman–Crippen LogP) is 4.00. The molecule has 0 saturated carbocycles. The largest absolute Gasteiger partial charge is 0.243 e. The van der Waals surface area contributed by atoms with Crippen molar-refractivity contribution in [2.24, 2.45) is 0 Å². The SMILES string of the molecule is c1ccc2cc3c(cc2c1)sc1cncnc13. The van der Waals surface area contributed by atoms with Gasteiger partial charge in [-0.3, -0.25) is 0 Å². The third-order valence-corrected chi connectivity index (χ3v) is 4.08. The highest BCUT2D eigenvalue weighted by Gasteiger charge is 2.06. The number of aromatic nitrogens is 2. The van der Waals surface area contributed by atoms with Crippen LogP contribution in [-0.2, 0) is 0 Å². The van der Waals surface area contributed by atoms with Crippen LogP contribution in [0.2, 0.25) is 0 Å². The van der Waals surface area contributed by atoms with Crippen molar-refractivity contribution in [1.82, 2.24) is 9.97 Å². The van der Waals surface area contributed by atoms with Crippen LogP contribution < -0.4 is 0 Å². The van der Waals surface area contributed by atoms with Crippen LogP contribution in [0.1, 0.15) is 0 Å². The Morgan fingerprint density at radius 1 is 0.941 bits per heavy atom. The van der Waals surface area contributed by atoms with Gasteiger partial charge in [-0.1, -0.05) is 24.3 Å². The highest BCUT2D eigenvalue weighted by molar-refractivity contribution is 7.25. The summed E-state index contributed by atoms with van der Waals surface area (Å²) in [6, 6.07) is 12.9. The first-order valence-electron chi connectivity index (χ1n) is 5.43. The molecular formula is C14H8N2S. The Morgan fingerprint density at radius 2 is 1.76 bits per heavy atom. The van der Waals surface area contributed by atoms with Crippen LogP contribution in [0.25, 0.3) is 31.1 Å². The minimum absolute atomic E-state index is 1.06. The molecule has 0 aliphatic rings. The Balaban J connectivity index is 2.28. The Bertz CT molecular complexity index is 842. The molecule has 0 N–H and O–H groups in total. The maximum absolute atomic E-state index is 4.38. The lowest BCUT2D eigenvalue weighted by atomic mass is 10.1. The van der Waals surface area contributed by atoms with Crippen LogP contribution in [0, 0.1) is 0 Å². The van der Waals surface area contributed by atoms with Gasteiger partial charge in [0.1, 0.15) is 6.33 Å². The van der Waals surface area contributed by atoms with Crippen molar-refractivity contribution in [3.8, 4) is 0 Å². The minimum atomic E-state index is 1.06. The minimum Gasteiger partial charge on any atom is -0.243 e. The van der Waals surface area contributed by atoms with E-state index in [1.54, 1.807) is 17.7 Å². The quantitative estimate of drug-likeness (QED) is 0.461. The van der Waals surface area contributed by atoms with E-state index in [2.05, 4.69) is 46.4 Å². The lowest BCUT2D eigenvalue weighted by Crippen LogP contribution is -1.76. The Kier molecular flexibility index (Phi) is 1.73. The Labute approximate surface area is 102 Å². The third-order valence-electron chi connectivity index (χ3n) is 3.00. The standard InChI is InChI=1S/C14H8N2S/c1-2-4-10-6-12-11(5-9(10)3-1)14-13(17-12)7-15-8-16-14/h1-8H. The molecule has 0 bridgehead atoms. The monoisotopic (exact) mass is 236 g/mol. The summed E-state index contributed by atoms with van der Waals surface area (Å²) >= 11 is 1.75. The molecule has 0 spiro atoms.